The van der Waals surface area contributed by atoms with Crippen molar-refractivity contribution in [2.24, 2.45) is 0 Å². The summed E-state index contributed by atoms with van der Waals surface area (Å²) in [6.45, 7) is 0. The standard InChI is InChI=1S/C9H6Cl2FOS/c10-6-3-5(4-7(11)9(6)12)8-1-2-14(8)13/h1,3-4,8H,2H2. The molecular weight excluding hydrogens is 246 g/mol. The van der Waals surface area contributed by atoms with Gasteiger partial charge in [0, 0.05) is 5.56 Å². The fraction of sp³-hybridized carbons (Fsp3) is 0.222. The van der Waals surface area contributed by atoms with Crippen LogP contribution < -0.4 is 0 Å². The fourth-order valence-corrected chi connectivity index (χ4v) is 2.78. The van der Waals surface area contributed by atoms with Crippen molar-refractivity contribution in [1.29, 1.82) is 0 Å². The number of benzene rings is 1. The highest BCUT2D eigenvalue weighted by atomic mass is 35.5. The SMILES string of the molecule is [O-][S+]1C[CH]C1c1cc(Cl)c(F)c(Cl)c1. The first-order chi connectivity index (χ1) is 6.59. The zero-order valence-electron chi connectivity index (χ0n) is 6.97. The van der Waals surface area contributed by atoms with E-state index in [-0.39, 0.29) is 15.3 Å². The molecule has 0 saturated carbocycles. The summed E-state index contributed by atoms with van der Waals surface area (Å²) in [5, 5.41) is -0.194. The van der Waals surface area contributed by atoms with Crippen LogP contribution >= 0.6 is 23.2 Å². The summed E-state index contributed by atoms with van der Waals surface area (Å²) in [7, 11) is 0. The molecular formula is C9H6Cl2FOS. The summed E-state index contributed by atoms with van der Waals surface area (Å²) in [6.07, 6.45) is 1.90. The Kier molecular flexibility index (Phi) is 2.93. The summed E-state index contributed by atoms with van der Waals surface area (Å²) >= 11 is 10.3. The molecule has 1 aliphatic rings. The highest BCUT2D eigenvalue weighted by molar-refractivity contribution is 7.93. The lowest BCUT2D eigenvalue weighted by molar-refractivity contribution is 0.575. The topological polar surface area (TPSA) is 23.1 Å². The molecule has 1 nitrogen and oxygen atoms in total. The second-order valence-corrected chi connectivity index (χ2v) is 5.42. The average Bonchev–Trinajstić information content (AvgIpc) is 2.11. The second kappa shape index (κ2) is 3.89. The van der Waals surface area contributed by atoms with Crippen LogP contribution in [0.2, 0.25) is 10.0 Å². The lowest BCUT2D eigenvalue weighted by atomic mass is 10.1. The lowest BCUT2D eigenvalue weighted by Gasteiger charge is -2.29. The van der Waals surface area contributed by atoms with Crippen molar-refractivity contribution in [3.05, 3.63) is 40.0 Å². The van der Waals surface area contributed by atoms with Gasteiger partial charge in [0.1, 0.15) is 11.0 Å². The molecule has 0 bridgehead atoms. The molecule has 2 rings (SSSR count). The normalized spacial score (nSPS) is 26.0. The maximum Gasteiger partial charge on any atom is 0.160 e. The van der Waals surface area contributed by atoms with E-state index in [9.17, 15) is 8.94 Å². The minimum atomic E-state index is -0.899. The molecule has 1 radical (unpaired) electrons. The number of halogens is 3. The third-order valence-corrected chi connectivity index (χ3v) is 4.19. The highest BCUT2D eigenvalue weighted by Crippen LogP contribution is 2.38. The van der Waals surface area contributed by atoms with Crippen LogP contribution in [-0.2, 0) is 11.2 Å². The van der Waals surface area contributed by atoms with Gasteiger partial charge in [-0.25, -0.2) is 4.39 Å². The third kappa shape index (κ3) is 1.74. The highest BCUT2D eigenvalue weighted by Gasteiger charge is 2.36. The van der Waals surface area contributed by atoms with Gasteiger partial charge in [0.15, 0.2) is 5.82 Å². The Balaban J connectivity index is 2.35. The predicted molar refractivity (Wildman–Crippen MR) is 56.5 cm³/mol. The van der Waals surface area contributed by atoms with Gasteiger partial charge in [-0.3, -0.25) is 0 Å². The number of rotatable bonds is 1. The lowest BCUT2D eigenvalue weighted by Crippen LogP contribution is -2.29. The molecule has 5 heteroatoms. The molecule has 0 aliphatic carbocycles. The Hall–Kier alpha value is 0.0400. The Labute approximate surface area is 94.4 Å². The minimum Gasteiger partial charge on any atom is -0.616 e. The van der Waals surface area contributed by atoms with Crippen LogP contribution in [0, 0.1) is 12.2 Å². The quantitative estimate of drug-likeness (QED) is 0.556. The Morgan fingerprint density at radius 2 is 1.93 bits per heavy atom. The maximum absolute atomic E-state index is 13.0. The van der Waals surface area contributed by atoms with Gasteiger partial charge in [-0.05, 0) is 23.3 Å². The largest absolute Gasteiger partial charge is 0.616 e. The molecule has 0 amide bonds. The zero-order chi connectivity index (χ0) is 10.3. The fourth-order valence-electron chi connectivity index (χ4n) is 1.30. The Morgan fingerprint density at radius 3 is 2.29 bits per heavy atom. The van der Waals surface area contributed by atoms with Gasteiger partial charge in [-0.15, -0.1) is 0 Å². The smallest absolute Gasteiger partial charge is 0.160 e. The van der Waals surface area contributed by atoms with E-state index >= 15 is 0 Å². The predicted octanol–water partition coefficient (Wildman–Crippen LogP) is 3.14. The second-order valence-electron chi connectivity index (χ2n) is 3.00. The van der Waals surface area contributed by atoms with E-state index in [0.29, 0.717) is 11.3 Å². The first-order valence-corrected chi connectivity index (χ1v) is 6.08. The van der Waals surface area contributed by atoms with Gasteiger partial charge in [0.2, 0.25) is 0 Å². The van der Waals surface area contributed by atoms with Crippen molar-refractivity contribution in [2.75, 3.05) is 5.75 Å². The van der Waals surface area contributed by atoms with E-state index in [2.05, 4.69) is 0 Å². The average molecular weight is 252 g/mol. The molecule has 14 heavy (non-hydrogen) atoms. The van der Waals surface area contributed by atoms with Gasteiger partial charge in [-0.1, -0.05) is 23.2 Å². The number of hydrogen-bond donors (Lipinski definition) is 0. The van der Waals surface area contributed by atoms with Crippen molar-refractivity contribution in [3.63, 3.8) is 0 Å². The van der Waals surface area contributed by atoms with Gasteiger partial charge in [0.25, 0.3) is 0 Å². The molecule has 0 spiro atoms. The molecule has 75 valence electrons. The van der Waals surface area contributed by atoms with Crippen LogP contribution in [0.5, 0.6) is 0 Å². The van der Waals surface area contributed by atoms with Crippen LogP contribution in [0.15, 0.2) is 12.1 Å². The molecule has 0 aromatic heterocycles. The van der Waals surface area contributed by atoms with Crippen molar-refractivity contribution >= 4 is 34.4 Å². The van der Waals surface area contributed by atoms with Crippen LogP contribution in [0.1, 0.15) is 10.8 Å². The molecule has 0 N–H and O–H groups in total. The first kappa shape index (κ1) is 10.6. The Morgan fingerprint density at radius 1 is 1.36 bits per heavy atom. The van der Waals surface area contributed by atoms with E-state index in [1.54, 1.807) is 0 Å². The van der Waals surface area contributed by atoms with E-state index in [4.69, 9.17) is 23.2 Å². The minimum absolute atomic E-state index is 0.0233. The summed E-state index contributed by atoms with van der Waals surface area (Å²) < 4.78 is 24.3. The molecule has 2 unspecified atom stereocenters. The van der Waals surface area contributed by atoms with Crippen LogP contribution in [0.25, 0.3) is 0 Å². The molecule has 1 aliphatic heterocycles. The van der Waals surface area contributed by atoms with Gasteiger partial charge >= 0.3 is 0 Å². The van der Waals surface area contributed by atoms with Crippen LogP contribution in [0.3, 0.4) is 0 Å². The molecule has 2 atom stereocenters. The molecule has 1 aromatic rings. The van der Waals surface area contributed by atoms with Crippen LogP contribution in [0.4, 0.5) is 4.39 Å². The summed E-state index contributed by atoms with van der Waals surface area (Å²) in [4.78, 5) is 0. The molecule has 1 aromatic carbocycles. The van der Waals surface area contributed by atoms with Crippen molar-refractivity contribution in [1.82, 2.24) is 0 Å². The van der Waals surface area contributed by atoms with Crippen LogP contribution in [-0.4, -0.2) is 10.3 Å². The van der Waals surface area contributed by atoms with Gasteiger partial charge in [-0.2, -0.15) is 0 Å². The van der Waals surface area contributed by atoms with E-state index in [1.165, 1.54) is 12.1 Å². The summed E-state index contributed by atoms with van der Waals surface area (Å²) in [5.74, 6) is -0.0423. The van der Waals surface area contributed by atoms with Gasteiger partial charge < -0.3 is 4.55 Å². The maximum atomic E-state index is 13.0. The monoisotopic (exact) mass is 251 g/mol. The van der Waals surface area contributed by atoms with E-state index < -0.39 is 17.0 Å². The third-order valence-electron chi connectivity index (χ3n) is 2.09. The van der Waals surface area contributed by atoms with E-state index in [1.807, 2.05) is 6.42 Å². The summed E-state index contributed by atoms with van der Waals surface area (Å²) in [5.41, 5.74) is 0.714. The van der Waals surface area contributed by atoms with Gasteiger partial charge in [0.05, 0.1) is 16.5 Å². The zero-order valence-corrected chi connectivity index (χ0v) is 9.30. The van der Waals surface area contributed by atoms with E-state index in [0.717, 1.165) is 0 Å². The number of hydrogen-bond acceptors (Lipinski definition) is 1. The van der Waals surface area contributed by atoms with Crippen molar-refractivity contribution in [2.45, 2.75) is 5.25 Å². The Bertz CT molecular complexity index is 349. The summed E-state index contributed by atoms with van der Waals surface area (Å²) in [6, 6.07) is 2.95. The van der Waals surface area contributed by atoms with Crippen molar-refractivity contribution in [3.8, 4) is 0 Å². The molecule has 1 fully saturated rings. The molecule has 1 heterocycles. The first-order valence-electron chi connectivity index (χ1n) is 3.94. The van der Waals surface area contributed by atoms with Crippen molar-refractivity contribution < 1.29 is 8.94 Å². The molecule has 1 saturated heterocycles.